The van der Waals surface area contributed by atoms with Crippen LogP contribution in [0.4, 0.5) is 0 Å². The van der Waals surface area contributed by atoms with Gasteiger partial charge < -0.3 is 5.11 Å². The highest BCUT2D eigenvalue weighted by molar-refractivity contribution is 7.99. The molecule has 0 atom stereocenters. The number of carbonyl (C=O) groups is 1. The Balaban J connectivity index is 2.40. The first kappa shape index (κ1) is 11.0. The van der Waals surface area contributed by atoms with E-state index in [4.69, 9.17) is 5.11 Å². The zero-order valence-electron chi connectivity index (χ0n) is 8.15. The van der Waals surface area contributed by atoms with Crippen LogP contribution in [0.5, 0.6) is 0 Å². The number of aromatic nitrogens is 3. The number of carboxylic acids is 1. The first-order valence-corrected chi connectivity index (χ1v) is 5.45. The van der Waals surface area contributed by atoms with Gasteiger partial charge in [0.2, 0.25) is 0 Å². The molecule has 0 spiro atoms. The van der Waals surface area contributed by atoms with Crippen LogP contribution < -0.4 is 0 Å². The Labute approximate surface area is 86.3 Å². The zero-order valence-corrected chi connectivity index (χ0v) is 8.97. The third-order valence-corrected chi connectivity index (χ3v) is 2.46. The van der Waals surface area contributed by atoms with E-state index in [0.29, 0.717) is 11.7 Å². The molecule has 2 N–H and O–H groups in total. The van der Waals surface area contributed by atoms with Crippen LogP contribution >= 0.6 is 11.8 Å². The summed E-state index contributed by atoms with van der Waals surface area (Å²) in [6.07, 6.45) is 0. The normalized spacial score (nSPS) is 10.8. The van der Waals surface area contributed by atoms with Crippen LogP contribution in [0.1, 0.15) is 31.4 Å². The van der Waals surface area contributed by atoms with Crippen molar-refractivity contribution < 1.29 is 9.90 Å². The molecule has 1 heterocycles. The number of aliphatic carboxylic acids is 1. The van der Waals surface area contributed by atoms with Gasteiger partial charge in [0.25, 0.3) is 0 Å². The summed E-state index contributed by atoms with van der Waals surface area (Å²) in [6, 6.07) is 0. The highest BCUT2D eigenvalue weighted by Gasteiger charge is 2.07. The van der Waals surface area contributed by atoms with E-state index in [9.17, 15) is 4.79 Å². The van der Waals surface area contributed by atoms with Crippen molar-refractivity contribution in [1.82, 2.24) is 15.2 Å². The van der Waals surface area contributed by atoms with E-state index in [1.165, 1.54) is 11.8 Å². The number of H-pyrrole nitrogens is 1. The summed E-state index contributed by atoms with van der Waals surface area (Å²) < 4.78 is 0. The first-order chi connectivity index (χ1) is 6.59. The third kappa shape index (κ3) is 3.37. The van der Waals surface area contributed by atoms with Crippen LogP contribution in [-0.4, -0.2) is 32.0 Å². The van der Waals surface area contributed by atoms with E-state index in [2.05, 4.69) is 15.2 Å². The smallest absolute Gasteiger partial charge is 0.313 e. The van der Waals surface area contributed by atoms with Gasteiger partial charge >= 0.3 is 5.97 Å². The van der Waals surface area contributed by atoms with E-state index in [1.54, 1.807) is 0 Å². The molecule has 0 amide bonds. The minimum atomic E-state index is -0.807. The summed E-state index contributed by atoms with van der Waals surface area (Å²) in [7, 11) is 0. The van der Waals surface area contributed by atoms with Crippen LogP contribution in [0, 0.1) is 0 Å². The van der Waals surface area contributed by atoms with Crippen LogP contribution in [0.25, 0.3) is 0 Å². The molecule has 1 rings (SSSR count). The highest BCUT2D eigenvalue weighted by atomic mass is 32.2. The average Bonchev–Trinajstić information content (AvgIpc) is 2.52. The SMILES string of the molecule is CC(C)c1n[nH]c(CSCC(=O)O)n1. The van der Waals surface area contributed by atoms with Crippen molar-refractivity contribution >= 4 is 17.7 Å². The largest absolute Gasteiger partial charge is 0.481 e. The molecule has 0 saturated heterocycles. The number of nitrogens with one attached hydrogen (secondary N) is 1. The van der Waals surface area contributed by atoms with Crippen molar-refractivity contribution in [2.24, 2.45) is 0 Å². The van der Waals surface area contributed by atoms with Crippen molar-refractivity contribution in [3.8, 4) is 0 Å². The van der Waals surface area contributed by atoms with Crippen molar-refractivity contribution in [2.45, 2.75) is 25.5 Å². The molecule has 0 saturated carbocycles. The molecule has 1 aromatic rings. The molecule has 0 fully saturated rings. The van der Waals surface area contributed by atoms with E-state index < -0.39 is 5.97 Å². The summed E-state index contributed by atoms with van der Waals surface area (Å²) in [5, 5.41) is 15.2. The molecule has 6 heteroatoms. The fourth-order valence-corrected chi connectivity index (χ4v) is 1.47. The second-order valence-electron chi connectivity index (χ2n) is 3.18. The van der Waals surface area contributed by atoms with Gasteiger partial charge in [-0.15, -0.1) is 11.8 Å². The Hall–Kier alpha value is -1.04. The number of hydrogen-bond acceptors (Lipinski definition) is 4. The topological polar surface area (TPSA) is 78.9 Å². The van der Waals surface area contributed by atoms with Gasteiger partial charge in [-0.05, 0) is 0 Å². The lowest BCUT2D eigenvalue weighted by atomic mass is 10.2. The number of carboxylic acid groups (broad SMARTS) is 1. The number of thioether (sulfide) groups is 1. The van der Waals surface area contributed by atoms with Crippen LogP contribution in [0.15, 0.2) is 0 Å². The van der Waals surface area contributed by atoms with Crippen molar-refractivity contribution in [2.75, 3.05) is 5.75 Å². The Kier molecular flexibility index (Phi) is 3.94. The first-order valence-electron chi connectivity index (χ1n) is 4.30. The molecule has 0 bridgehead atoms. The highest BCUT2D eigenvalue weighted by Crippen LogP contribution is 2.11. The molecule has 0 unspecified atom stereocenters. The Bertz CT molecular complexity index is 311. The molecular weight excluding hydrogens is 202 g/mol. The predicted molar refractivity (Wildman–Crippen MR) is 54.3 cm³/mol. The summed E-state index contributed by atoms with van der Waals surface area (Å²) in [5.41, 5.74) is 0. The number of rotatable bonds is 5. The van der Waals surface area contributed by atoms with E-state index in [-0.39, 0.29) is 5.75 Å². The van der Waals surface area contributed by atoms with Gasteiger partial charge in [-0.25, -0.2) is 4.98 Å². The zero-order chi connectivity index (χ0) is 10.6. The van der Waals surface area contributed by atoms with E-state index in [1.807, 2.05) is 13.8 Å². The lowest BCUT2D eigenvalue weighted by Gasteiger charge is -1.94. The van der Waals surface area contributed by atoms with Gasteiger partial charge in [-0.2, -0.15) is 5.10 Å². The van der Waals surface area contributed by atoms with Gasteiger partial charge in [0.1, 0.15) is 5.82 Å². The van der Waals surface area contributed by atoms with Gasteiger partial charge in [0, 0.05) is 5.92 Å². The molecule has 14 heavy (non-hydrogen) atoms. The average molecular weight is 215 g/mol. The lowest BCUT2D eigenvalue weighted by molar-refractivity contribution is -0.133. The van der Waals surface area contributed by atoms with Crippen LogP contribution in [0.3, 0.4) is 0 Å². The van der Waals surface area contributed by atoms with Gasteiger partial charge in [-0.1, -0.05) is 13.8 Å². The van der Waals surface area contributed by atoms with Crippen LogP contribution in [-0.2, 0) is 10.5 Å². The summed E-state index contributed by atoms with van der Waals surface area (Å²) in [5.74, 6) is 1.66. The fraction of sp³-hybridized carbons (Fsp3) is 0.625. The Morgan fingerprint density at radius 3 is 2.86 bits per heavy atom. The summed E-state index contributed by atoms with van der Waals surface area (Å²) in [4.78, 5) is 14.5. The van der Waals surface area contributed by atoms with Crippen molar-refractivity contribution in [3.05, 3.63) is 11.6 Å². The molecule has 0 aliphatic carbocycles. The Morgan fingerprint density at radius 1 is 1.64 bits per heavy atom. The molecule has 0 aromatic carbocycles. The lowest BCUT2D eigenvalue weighted by Crippen LogP contribution is -1.98. The van der Waals surface area contributed by atoms with Crippen molar-refractivity contribution in [3.63, 3.8) is 0 Å². The number of nitrogens with zero attached hydrogens (tertiary/aromatic N) is 2. The van der Waals surface area contributed by atoms with E-state index >= 15 is 0 Å². The second kappa shape index (κ2) is 4.99. The standard InChI is InChI=1S/C8H13N3O2S/c1-5(2)8-9-6(10-11-8)3-14-4-7(12)13/h5H,3-4H2,1-2H3,(H,12,13)(H,9,10,11). The minimum absolute atomic E-state index is 0.0950. The molecule has 5 nitrogen and oxygen atoms in total. The maximum absolute atomic E-state index is 10.2. The summed E-state index contributed by atoms with van der Waals surface area (Å²) >= 11 is 1.31. The second-order valence-corrected chi connectivity index (χ2v) is 4.17. The van der Waals surface area contributed by atoms with Crippen LogP contribution in [0.2, 0.25) is 0 Å². The molecular formula is C8H13N3O2S. The number of hydrogen-bond donors (Lipinski definition) is 2. The summed E-state index contributed by atoms with van der Waals surface area (Å²) in [6.45, 7) is 4.02. The minimum Gasteiger partial charge on any atom is -0.481 e. The molecule has 1 aromatic heterocycles. The van der Waals surface area contributed by atoms with Gasteiger partial charge in [-0.3, -0.25) is 9.89 Å². The van der Waals surface area contributed by atoms with Gasteiger partial charge in [0.05, 0.1) is 11.5 Å². The fourth-order valence-electron chi connectivity index (χ4n) is 0.868. The quantitative estimate of drug-likeness (QED) is 0.772. The molecule has 78 valence electrons. The van der Waals surface area contributed by atoms with E-state index in [0.717, 1.165) is 11.6 Å². The molecule has 0 aliphatic heterocycles. The van der Waals surface area contributed by atoms with Gasteiger partial charge in [0.15, 0.2) is 5.82 Å². The number of aromatic amines is 1. The maximum atomic E-state index is 10.2. The van der Waals surface area contributed by atoms with Crippen molar-refractivity contribution in [1.29, 1.82) is 0 Å². The monoisotopic (exact) mass is 215 g/mol. The maximum Gasteiger partial charge on any atom is 0.313 e. The Morgan fingerprint density at radius 2 is 2.36 bits per heavy atom. The molecule has 0 aliphatic rings. The predicted octanol–water partition coefficient (Wildman–Crippen LogP) is 1.25. The third-order valence-electron chi connectivity index (χ3n) is 1.53. The molecule has 0 radical (unpaired) electrons.